The van der Waals surface area contributed by atoms with Crippen molar-refractivity contribution in [3.05, 3.63) is 40.9 Å². The second-order valence-electron chi connectivity index (χ2n) is 2.49. The molecule has 1 heterocycles. The zero-order chi connectivity index (χ0) is 9.26. The normalized spacial score (nSPS) is 10.2. The predicted octanol–water partition coefficient (Wildman–Crippen LogP) is 0.408. The molecule has 66 valence electrons. The van der Waals surface area contributed by atoms with Crippen molar-refractivity contribution in [1.82, 2.24) is 9.95 Å². The molecule has 2 aromatic rings. The highest BCUT2D eigenvalue weighted by Gasteiger charge is 2.03. The molecule has 5 heteroatoms. The Labute approximate surface area is 73.4 Å². The number of benzene rings is 1. The summed E-state index contributed by atoms with van der Waals surface area (Å²) in [5.74, 6) is 0. The molecule has 0 saturated carbocycles. The molecule has 13 heavy (non-hydrogen) atoms. The minimum absolute atomic E-state index is 0.497. The summed E-state index contributed by atoms with van der Waals surface area (Å²) in [6.07, 6.45) is 1.09. The monoisotopic (exact) mass is 177 g/mol. The van der Waals surface area contributed by atoms with E-state index >= 15 is 0 Å². The Morgan fingerprint density at radius 1 is 1.38 bits per heavy atom. The highest BCUT2D eigenvalue weighted by Crippen LogP contribution is 2.13. The van der Waals surface area contributed by atoms with Crippen molar-refractivity contribution in [3.63, 3.8) is 0 Å². The number of anilines is 1. The third kappa shape index (κ3) is 1.31. The summed E-state index contributed by atoms with van der Waals surface area (Å²) < 4.78 is 4.72. The van der Waals surface area contributed by atoms with Gasteiger partial charge in [0.1, 0.15) is 11.9 Å². The van der Waals surface area contributed by atoms with E-state index in [9.17, 15) is 4.79 Å². The lowest BCUT2D eigenvalue weighted by atomic mass is 10.3. The number of nitrogens with zero attached hydrogens (tertiary/aromatic N) is 2. The molecule has 0 bridgehead atoms. The Hall–Kier alpha value is -2.04. The summed E-state index contributed by atoms with van der Waals surface area (Å²) in [5, 5.41) is 3.70. The third-order valence-corrected chi connectivity index (χ3v) is 1.59. The molecule has 0 saturated heterocycles. The summed E-state index contributed by atoms with van der Waals surface area (Å²) in [5.41, 5.74) is 6.21. The van der Waals surface area contributed by atoms with Crippen molar-refractivity contribution in [2.75, 3.05) is 5.73 Å². The first kappa shape index (κ1) is 7.60. The number of para-hydroxylation sites is 2. The van der Waals surface area contributed by atoms with Gasteiger partial charge in [0.2, 0.25) is 0 Å². The average molecular weight is 177 g/mol. The van der Waals surface area contributed by atoms with E-state index in [1.165, 1.54) is 0 Å². The zero-order valence-corrected chi connectivity index (χ0v) is 6.68. The molecular weight excluding hydrogens is 170 g/mol. The van der Waals surface area contributed by atoms with Crippen LogP contribution < -0.4 is 11.4 Å². The topological polar surface area (TPSA) is 74.1 Å². The molecule has 0 radical (unpaired) electrons. The van der Waals surface area contributed by atoms with Crippen LogP contribution in [0.3, 0.4) is 0 Å². The van der Waals surface area contributed by atoms with Gasteiger partial charge in [-0.05, 0) is 12.1 Å². The zero-order valence-electron chi connectivity index (χ0n) is 6.68. The van der Waals surface area contributed by atoms with Gasteiger partial charge in [0.15, 0.2) is 0 Å². The van der Waals surface area contributed by atoms with E-state index in [-0.39, 0.29) is 0 Å². The Kier molecular flexibility index (Phi) is 1.63. The Morgan fingerprint density at radius 2 is 2.15 bits per heavy atom. The maximum Gasteiger partial charge on any atom is 0.378 e. The van der Waals surface area contributed by atoms with Gasteiger partial charge in [-0.25, -0.2) is 4.79 Å². The van der Waals surface area contributed by atoms with Crippen molar-refractivity contribution >= 4 is 5.69 Å². The maximum atomic E-state index is 10.7. The standard InChI is InChI=1S/C8H7N3O2/c9-6-3-1-2-4-7(6)11-10-5-8(12)13-11/h1-5H,9H2. The summed E-state index contributed by atoms with van der Waals surface area (Å²) in [7, 11) is 0. The Balaban J connectivity index is 2.58. The van der Waals surface area contributed by atoms with E-state index in [0.29, 0.717) is 11.4 Å². The number of rotatable bonds is 1. The molecule has 0 aliphatic rings. The van der Waals surface area contributed by atoms with E-state index in [0.717, 1.165) is 11.1 Å². The minimum Gasteiger partial charge on any atom is -0.397 e. The SMILES string of the molecule is Nc1ccccc1-n1ncc(=O)o1. The second-order valence-corrected chi connectivity index (χ2v) is 2.49. The number of hydrogen-bond acceptors (Lipinski definition) is 4. The number of aromatic nitrogens is 2. The van der Waals surface area contributed by atoms with Crippen LogP contribution in [0.4, 0.5) is 5.69 Å². The van der Waals surface area contributed by atoms with Gasteiger partial charge < -0.3 is 10.3 Å². The molecule has 2 N–H and O–H groups in total. The molecule has 1 aromatic heterocycles. The van der Waals surface area contributed by atoms with Gasteiger partial charge in [0, 0.05) is 0 Å². The molecule has 5 nitrogen and oxygen atoms in total. The summed E-state index contributed by atoms with van der Waals surface area (Å²) in [6, 6.07) is 7.00. The first-order chi connectivity index (χ1) is 6.27. The first-order valence-corrected chi connectivity index (χ1v) is 3.68. The van der Waals surface area contributed by atoms with Crippen LogP contribution in [0.5, 0.6) is 0 Å². The maximum absolute atomic E-state index is 10.7. The lowest BCUT2D eigenvalue weighted by molar-refractivity contribution is 0.294. The highest BCUT2D eigenvalue weighted by molar-refractivity contribution is 5.55. The molecular formula is C8H7N3O2. The largest absolute Gasteiger partial charge is 0.397 e. The van der Waals surface area contributed by atoms with E-state index < -0.39 is 5.63 Å². The highest BCUT2D eigenvalue weighted by atomic mass is 16.5. The van der Waals surface area contributed by atoms with Gasteiger partial charge in [-0.3, -0.25) is 0 Å². The van der Waals surface area contributed by atoms with Gasteiger partial charge in [-0.1, -0.05) is 17.0 Å². The summed E-state index contributed by atoms with van der Waals surface area (Å²) >= 11 is 0. The molecule has 0 aliphatic heterocycles. The van der Waals surface area contributed by atoms with Gasteiger partial charge in [-0.2, -0.15) is 0 Å². The van der Waals surface area contributed by atoms with Gasteiger partial charge >= 0.3 is 5.63 Å². The molecule has 0 spiro atoms. The van der Waals surface area contributed by atoms with Crippen LogP contribution in [0.15, 0.2) is 39.8 Å². The van der Waals surface area contributed by atoms with Crippen LogP contribution in [0.1, 0.15) is 0 Å². The fraction of sp³-hybridized carbons (Fsp3) is 0. The average Bonchev–Trinajstić information content (AvgIpc) is 2.53. The van der Waals surface area contributed by atoms with Crippen LogP contribution in [0, 0.1) is 0 Å². The molecule has 0 atom stereocenters. The van der Waals surface area contributed by atoms with Crippen LogP contribution in [0.25, 0.3) is 5.69 Å². The first-order valence-electron chi connectivity index (χ1n) is 3.68. The quantitative estimate of drug-likeness (QED) is 0.640. The molecule has 2 rings (SSSR count). The molecule has 0 amide bonds. The van der Waals surface area contributed by atoms with Crippen LogP contribution in [0.2, 0.25) is 0 Å². The predicted molar refractivity (Wildman–Crippen MR) is 46.5 cm³/mol. The van der Waals surface area contributed by atoms with Gasteiger partial charge in [0.25, 0.3) is 0 Å². The van der Waals surface area contributed by atoms with Crippen molar-refractivity contribution in [3.8, 4) is 5.69 Å². The van der Waals surface area contributed by atoms with E-state index in [2.05, 4.69) is 5.10 Å². The summed E-state index contributed by atoms with van der Waals surface area (Å²) in [4.78, 5) is 11.8. The molecule has 0 aliphatic carbocycles. The molecule has 1 aromatic carbocycles. The fourth-order valence-corrected chi connectivity index (χ4v) is 1.01. The summed E-state index contributed by atoms with van der Waals surface area (Å²) in [6.45, 7) is 0. The van der Waals surface area contributed by atoms with Crippen molar-refractivity contribution in [2.45, 2.75) is 0 Å². The smallest absolute Gasteiger partial charge is 0.378 e. The van der Waals surface area contributed by atoms with Crippen molar-refractivity contribution < 1.29 is 4.52 Å². The lowest BCUT2D eigenvalue weighted by Gasteiger charge is -2.00. The van der Waals surface area contributed by atoms with Crippen LogP contribution in [-0.2, 0) is 0 Å². The Bertz CT molecular complexity index is 472. The van der Waals surface area contributed by atoms with Crippen molar-refractivity contribution in [1.29, 1.82) is 0 Å². The number of nitrogen functional groups attached to an aromatic ring is 1. The van der Waals surface area contributed by atoms with E-state index in [1.54, 1.807) is 24.3 Å². The van der Waals surface area contributed by atoms with Gasteiger partial charge in [-0.15, -0.1) is 5.10 Å². The van der Waals surface area contributed by atoms with Crippen molar-refractivity contribution in [2.24, 2.45) is 0 Å². The minimum atomic E-state index is -0.497. The fourth-order valence-electron chi connectivity index (χ4n) is 1.01. The van der Waals surface area contributed by atoms with Gasteiger partial charge in [0.05, 0.1) is 5.69 Å². The van der Waals surface area contributed by atoms with Crippen LogP contribution in [-0.4, -0.2) is 9.95 Å². The third-order valence-electron chi connectivity index (χ3n) is 1.59. The Morgan fingerprint density at radius 3 is 2.77 bits per heavy atom. The van der Waals surface area contributed by atoms with Crippen LogP contribution >= 0.6 is 0 Å². The number of hydrogen-bond donors (Lipinski definition) is 1. The molecule has 0 unspecified atom stereocenters. The van der Waals surface area contributed by atoms with E-state index in [4.69, 9.17) is 10.3 Å². The number of nitrogens with two attached hydrogens (primary N) is 1. The lowest BCUT2D eigenvalue weighted by Crippen LogP contribution is -2.00. The second kappa shape index (κ2) is 2.78. The van der Waals surface area contributed by atoms with E-state index in [1.807, 2.05) is 0 Å². The molecule has 0 fully saturated rings.